The fourth-order valence-corrected chi connectivity index (χ4v) is 1.68. The number of esters is 1. The van der Waals surface area contributed by atoms with E-state index in [1.165, 1.54) is 18.2 Å². The lowest BCUT2D eigenvalue weighted by molar-refractivity contribution is -0.156. The minimum Gasteiger partial charge on any atom is -0.460 e. The summed E-state index contributed by atoms with van der Waals surface area (Å²) in [6.45, 7) is 5.19. The van der Waals surface area contributed by atoms with Gasteiger partial charge in [-0.15, -0.1) is 0 Å². The van der Waals surface area contributed by atoms with Gasteiger partial charge in [-0.25, -0.2) is 4.39 Å². The van der Waals surface area contributed by atoms with Gasteiger partial charge in [-0.2, -0.15) is 0 Å². The van der Waals surface area contributed by atoms with Gasteiger partial charge in [0.05, 0.1) is 5.02 Å². The molecule has 104 valence electrons. The number of halogens is 2. The third kappa shape index (κ3) is 5.83. The standard InChI is InChI=1S/C14H16ClFO3/c1-14(2,3)19-13(18)8-10(17)6-9-4-5-12(16)11(15)7-9/h4-5,7H,6,8H2,1-3H3. The van der Waals surface area contributed by atoms with Crippen LogP contribution in [0.15, 0.2) is 18.2 Å². The number of Topliss-reactive ketones (excluding diaryl/α,β-unsaturated/α-hetero) is 1. The average Bonchev–Trinajstić information content (AvgIpc) is 2.20. The van der Waals surface area contributed by atoms with E-state index >= 15 is 0 Å². The second kappa shape index (κ2) is 6.15. The van der Waals surface area contributed by atoms with Gasteiger partial charge in [0.2, 0.25) is 0 Å². The van der Waals surface area contributed by atoms with Gasteiger partial charge in [0.1, 0.15) is 23.6 Å². The average molecular weight is 287 g/mol. The second-order valence-corrected chi connectivity index (χ2v) is 5.63. The van der Waals surface area contributed by atoms with Gasteiger partial charge in [-0.05, 0) is 38.5 Å². The molecular formula is C14H16ClFO3. The highest BCUT2D eigenvalue weighted by molar-refractivity contribution is 6.30. The summed E-state index contributed by atoms with van der Waals surface area (Å²) >= 11 is 5.61. The Bertz CT molecular complexity index is 492. The highest BCUT2D eigenvalue weighted by atomic mass is 35.5. The first-order valence-electron chi connectivity index (χ1n) is 5.85. The van der Waals surface area contributed by atoms with Crippen LogP contribution in [0.25, 0.3) is 0 Å². The van der Waals surface area contributed by atoms with E-state index in [4.69, 9.17) is 16.3 Å². The first kappa shape index (κ1) is 15.6. The summed E-state index contributed by atoms with van der Waals surface area (Å²) in [5, 5.41) is -0.0393. The number of carbonyl (C=O) groups is 2. The summed E-state index contributed by atoms with van der Waals surface area (Å²) in [6.07, 6.45) is -0.272. The molecule has 1 rings (SSSR count). The summed E-state index contributed by atoms with van der Waals surface area (Å²) in [6, 6.07) is 4.04. The molecule has 0 spiro atoms. The predicted octanol–water partition coefficient (Wildman–Crippen LogP) is 3.32. The molecule has 0 N–H and O–H groups in total. The minimum absolute atomic E-state index is 0.0270. The van der Waals surface area contributed by atoms with E-state index in [9.17, 15) is 14.0 Å². The van der Waals surface area contributed by atoms with Crippen molar-refractivity contribution in [2.75, 3.05) is 0 Å². The zero-order chi connectivity index (χ0) is 14.6. The van der Waals surface area contributed by atoms with Crippen LogP contribution in [0.1, 0.15) is 32.8 Å². The molecule has 0 amide bonds. The fourth-order valence-electron chi connectivity index (χ4n) is 1.48. The molecule has 0 atom stereocenters. The number of carbonyl (C=O) groups excluding carboxylic acids is 2. The molecule has 5 heteroatoms. The van der Waals surface area contributed by atoms with Crippen molar-refractivity contribution in [3.8, 4) is 0 Å². The van der Waals surface area contributed by atoms with Gasteiger partial charge in [0.25, 0.3) is 0 Å². The molecule has 1 aromatic rings. The molecular weight excluding hydrogens is 271 g/mol. The number of ketones is 1. The van der Waals surface area contributed by atoms with Crippen molar-refractivity contribution >= 4 is 23.4 Å². The Morgan fingerprint density at radius 3 is 2.47 bits per heavy atom. The quantitative estimate of drug-likeness (QED) is 0.630. The van der Waals surface area contributed by atoms with Gasteiger partial charge < -0.3 is 4.74 Å². The molecule has 0 saturated heterocycles. The molecule has 0 heterocycles. The van der Waals surface area contributed by atoms with Crippen molar-refractivity contribution in [2.45, 2.75) is 39.2 Å². The molecule has 0 bridgehead atoms. The number of benzene rings is 1. The van der Waals surface area contributed by atoms with Crippen LogP contribution in [-0.4, -0.2) is 17.4 Å². The van der Waals surface area contributed by atoms with Gasteiger partial charge in [0, 0.05) is 6.42 Å². The molecule has 0 fully saturated rings. The lowest BCUT2D eigenvalue weighted by Gasteiger charge is -2.19. The van der Waals surface area contributed by atoms with Crippen LogP contribution in [-0.2, 0) is 20.7 Å². The summed E-state index contributed by atoms with van der Waals surface area (Å²) in [7, 11) is 0. The van der Waals surface area contributed by atoms with E-state index in [0.717, 1.165) is 0 Å². The van der Waals surface area contributed by atoms with Crippen LogP contribution in [0.2, 0.25) is 5.02 Å². The first-order chi connectivity index (χ1) is 8.67. The van der Waals surface area contributed by atoms with Crippen molar-refractivity contribution < 1.29 is 18.7 Å². The lowest BCUT2D eigenvalue weighted by Crippen LogP contribution is -2.25. The maximum absolute atomic E-state index is 12.9. The lowest BCUT2D eigenvalue weighted by atomic mass is 10.1. The summed E-state index contributed by atoms with van der Waals surface area (Å²) in [5.41, 5.74) is -0.0451. The van der Waals surface area contributed by atoms with Gasteiger partial charge in [-0.1, -0.05) is 17.7 Å². The Labute approximate surface area is 116 Å². The Hall–Kier alpha value is -1.42. The van der Waals surface area contributed by atoms with E-state index in [1.807, 2.05) is 0 Å². The molecule has 0 aromatic heterocycles. The van der Waals surface area contributed by atoms with E-state index in [-0.39, 0.29) is 23.6 Å². The summed E-state index contributed by atoms with van der Waals surface area (Å²) in [4.78, 5) is 23.1. The fraction of sp³-hybridized carbons (Fsp3) is 0.429. The third-order valence-corrected chi connectivity index (χ3v) is 2.44. The summed E-state index contributed by atoms with van der Waals surface area (Å²) < 4.78 is 18.0. The Morgan fingerprint density at radius 2 is 1.95 bits per heavy atom. The zero-order valence-corrected chi connectivity index (χ0v) is 11.9. The zero-order valence-electron chi connectivity index (χ0n) is 11.1. The molecule has 0 unspecified atom stereocenters. The van der Waals surface area contributed by atoms with Crippen LogP contribution >= 0.6 is 11.6 Å². The largest absolute Gasteiger partial charge is 0.460 e. The summed E-state index contributed by atoms with van der Waals surface area (Å²) in [5.74, 6) is -1.40. The molecule has 0 radical (unpaired) electrons. The highest BCUT2D eigenvalue weighted by Gasteiger charge is 2.19. The van der Waals surface area contributed by atoms with E-state index < -0.39 is 17.4 Å². The topological polar surface area (TPSA) is 43.4 Å². The van der Waals surface area contributed by atoms with Crippen LogP contribution in [0.3, 0.4) is 0 Å². The van der Waals surface area contributed by atoms with E-state index in [2.05, 4.69) is 0 Å². The normalized spacial score (nSPS) is 11.2. The first-order valence-corrected chi connectivity index (χ1v) is 6.22. The van der Waals surface area contributed by atoms with Crippen molar-refractivity contribution in [3.63, 3.8) is 0 Å². The maximum Gasteiger partial charge on any atom is 0.313 e. The molecule has 0 aliphatic heterocycles. The number of ether oxygens (including phenoxy) is 1. The number of rotatable bonds is 4. The van der Waals surface area contributed by atoms with Crippen LogP contribution in [0.5, 0.6) is 0 Å². The maximum atomic E-state index is 12.9. The van der Waals surface area contributed by atoms with Gasteiger partial charge in [-0.3, -0.25) is 9.59 Å². The number of hydrogen-bond donors (Lipinski definition) is 0. The Balaban J connectivity index is 2.56. The van der Waals surface area contributed by atoms with Crippen LogP contribution in [0.4, 0.5) is 4.39 Å². The number of hydrogen-bond acceptors (Lipinski definition) is 3. The Kier molecular flexibility index (Phi) is 5.06. The van der Waals surface area contributed by atoms with Gasteiger partial charge in [0.15, 0.2) is 0 Å². The monoisotopic (exact) mass is 286 g/mol. The van der Waals surface area contributed by atoms with Crippen molar-refractivity contribution in [1.29, 1.82) is 0 Å². The third-order valence-electron chi connectivity index (χ3n) is 2.15. The van der Waals surface area contributed by atoms with Crippen molar-refractivity contribution in [2.24, 2.45) is 0 Å². The van der Waals surface area contributed by atoms with E-state index in [1.54, 1.807) is 20.8 Å². The van der Waals surface area contributed by atoms with E-state index in [0.29, 0.717) is 5.56 Å². The molecule has 19 heavy (non-hydrogen) atoms. The molecule has 1 aromatic carbocycles. The molecule has 0 aliphatic rings. The highest BCUT2D eigenvalue weighted by Crippen LogP contribution is 2.17. The van der Waals surface area contributed by atoms with Crippen LogP contribution in [0, 0.1) is 5.82 Å². The molecule has 0 aliphatic carbocycles. The van der Waals surface area contributed by atoms with Crippen molar-refractivity contribution in [3.05, 3.63) is 34.6 Å². The van der Waals surface area contributed by atoms with Crippen LogP contribution < -0.4 is 0 Å². The van der Waals surface area contributed by atoms with Crippen molar-refractivity contribution in [1.82, 2.24) is 0 Å². The SMILES string of the molecule is CC(C)(C)OC(=O)CC(=O)Cc1ccc(F)c(Cl)c1. The Morgan fingerprint density at radius 1 is 1.32 bits per heavy atom. The van der Waals surface area contributed by atoms with Gasteiger partial charge >= 0.3 is 5.97 Å². The minimum atomic E-state index is -0.615. The molecule has 3 nitrogen and oxygen atoms in total. The smallest absolute Gasteiger partial charge is 0.313 e. The predicted molar refractivity (Wildman–Crippen MR) is 70.6 cm³/mol. The second-order valence-electron chi connectivity index (χ2n) is 5.23. The molecule has 0 saturated carbocycles.